The Kier molecular flexibility index (Phi) is 6.14. The number of carbonyl (C=O) groups is 1. The molecule has 1 atom stereocenters. The van der Waals surface area contributed by atoms with Crippen LogP contribution in [0.15, 0.2) is 30.3 Å². The Morgan fingerprint density at radius 1 is 1.25 bits per heavy atom. The van der Waals surface area contributed by atoms with E-state index in [1.807, 2.05) is 6.07 Å². The smallest absolute Gasteiger partial charge is 0.325 e. The first kappa shape index (κ1) is 19.1. The van der Waals surface area contributed by atoms with Crippen molar-refractivity contribution in [1.29, 1.82) is 0 Å². The highest BCUT2D eigenvalue weighted by molar-refractivity contribution is 7.16. The van der Waals surface area contributed by atoms with Crippen LogP contribution >= 0.6 is 34.5 Å². The van der Waals surface area contributed by atoms with Crippen LogP contribution in [0, 0.1) is 0 Å². The zero-order valence-electron chi connectivity index (χ0n) is 12.5. The van der Waals surface area contributed by atoms with Gasteiger partial charge in [-0.1, -0.05) is 23.2 Å². The van der Waals surface area contributed by atoms with Gasteiger partial charge in [-0.25, -0.2) is 0 Å². The van der Waals surface area contributed by atoms with Gasteiger partial charge in [0, 0.05) is 0 Å². The summed E-state index contributed by atoms with van der Waals surface area (Å²) in [4.78, 5) is 13.9. The first-order valence-electron chi connectivity index (χ1n) is 6.87. The summed E-state index contributed by atoms with van der Waals surface area (Å²) in [5.74, 6) is -0.420. The molecule has 0 spiro atoms. The van der Waals surface area contributed by atoms with E-state index >= 15 is 0 Å². The van der Waals surface area contributed by atoms with Crippen LogP contribution in [-0.4, -0.2) is 19.5 Å². The van der Waals surface area contributed by atoms with Gasteiger partial charge in [0.1, 0.15) is 6.54 Å². The number of nitrogens with one attached hydrogen (secondary N) is 2. The molecule has 1 aromatic heterocycles. The van der Waals surface area contributed by atoms with Gasteiger partial charge in [-0.3, -0.25) is 4.79 Å². The molecule has 0 aliphatic carbocycles. The van der Waals surface area contributed by atoms with Gasteiger partial charge in [0.05, 0.1) is 32.5 Å². The fraction of sp³-hybridized carbons (Fsp3) is 0.267. The second-order valence-electron chi connectivity index (χ2n) is 5.26. The molecule has 9 heteroatoms. The van der Waals surface area contributed by atoms with E-state index in [0.29, 0.717) is 10.9 Å². The molecule has 2 aromatic rings. The predicted octanol–water partition coefficient (Wildman–Crippen LogP) is 3.73. The number of anilines is 1. The Morgan fingerprint density at radius 3 is 2.54 bits per heavy atom. The van der Waals surface area contributed by atoms with E-state index in [0.717, 1.165) is 28.0 Å². The maximum Gasteiger partial charge on any atom is 0.416 e. The zero-order valence-corrected chi connectivity index (χ0v) is 14.8. The van der Waals surface area contributed by atoms with Crippen LogP contribution in [0.4, 0.5) is 18.9 Å². The van der Waals surface area contributed by atoms with E-state index in [4.69, 9.17) is 23.2 Å². The Morgan fingerprint density at radius 2 is 1.96 bits per heavy atom. The molecule has 2 rings (SSSR count). The Hall–Kier alpha value is -1.28. The van der Waals surface area contributed by atoms with Gasteiger partial charge in [0.25, 0.3) is 5.91 Å². The first-order valence-corrected chi connectivity index (χ1v) is 8.44. The number of thiophene rings is 1. The number of carbonyl (C=O) groups excluding carboxylic acids is 1. The van der Waals surface area contributed by atoms with Crippen molar-refractivity contribution >= 4 is 46.1 Å². The largest absolute Gasteiger partial charge is 0.416 e. The van der Waals surface area contributed by atoms with Crippen molar-refractivity contribution < 1.29 is 22.9 Å². The average molecular weight is 398 g/mol. The Bertz CT molecular complexity index is 734. The van der Waals surface area contributed by atoms with E-state index in [-0.39, 0.29) is 17.3 Å². The van der Waals surface area contributed by atoms with Crippen LogP contribution in [-0.2, 0) is 17.5 Å². The molecule has 0 saturated heterocycles. The number of hydrogen-bond acceptors (Lipinski definition) is 2. The standard InChI is InChI=1S/C15H13Cl2F3N2OS/c1-22(7-10-3-5-13(17)24-10)8-14(23)21-12-6-9(15(18,19)20)2-4-11(12)16/h2-6H,7-8H2,1H3,(H,21,23)/p+1. The monoisotopic (exact) mass is 397 g/mol. The summed E-state index contributed by atoms with van der Waals surface area (Å²) in [6.07, 6.45) is -4.50. The molecule has 0 bridgehead atoms. The van der Waals surface area contributed by atoms with Gasteiger partial charge < -0.3 is 10.2 Å². The van der Waals surface area contributed by atoms with E-state index in [1.165, 1.54) is 11.3 Å². The van der Waals surface area contributed by atoms with Gasteiger partial charge in [0.15, 0.2) is 6.54 Å². The van der Waals surface area contributed by atoms with Crippen molar-refractivity contribution in [1.82, 2.24) is 0 Å². The SMILES string of the molecule is C[NH+](CC(=O)Nc1cc(C(F)(F)F)ccc1Cl)Cc1ccc(Cl)s1. The molecule has 1 unspecified atom stereocenters. The minimum Gasteiger partial charge on any atom is -0.325 e. The summed E-state index contributed by atoms with van der Waals surface area (Å²) in [5, 5.41) is 2.48. The average Bonchev–Trinajstić information content (AvgIpc) is 2.84. The highest BCUT2D eigenvalue weighted by Crippen LogP contribution is 2.33. The van der Waals surface area contributed by atoms with Crippen molar-refractivity contribution in [3.8, 4) is 0 Å². The molecule has 1 aromatic carbocycles. The van der Waals surface area contributed by atoms with Crippen molar-refractivity contribution in [2.75, 3.05) is 18.9 Å². The van der Waals surface area contributed by atoms with E-state index in [9.17, 15) is 18.0 Å². The molecule has 0 radical (unpaired) electrons. The van der Waals surface area contributed by atoms with Crippen LogP contribution in [0.25, 0.3) is 0 Å². The molecule has 3 nitrogen and oxygen atoms in total. The number of halogens is 5. The third-order valence-corrected chi connectivity index (χ3v) is 4.70. The first-order chi connectivity index (χ1) is 11.1. The molecular formula is C15H14Cl2F3N2OS+. The van der Waals surface area contributed by atoms with Crippen molar-refractivity contribution in [2.24, 2.45) is 0 Å². The maximum atomic E-state index is 12.7. The molecule has 1 amide bonds. The molecule has 24 heavy (non-hydrogen) atoms. The lowest BCUT2D eigenvalue weighted by atomic mass is 10.2. The zero-order chi connectivity index (χ0) is 17.9. The second kappa shape index (κ2) is 7.74. The van der Waals surface area contributed by atoms with Crippen molar-refractivity contribution in [2.45, 2.75) is 12.7 Å². The Labute approximate surface area is 151 Å². The lowest BCUT2D eigenvalue weighted by molar-refractivity contribution is -0.884. The minimum absolute atomic E-state index is 0.0524. The highest BCUT2D eigenvalue weighted by Gasteiger charge is 2.31. The van der Waals surface area contributed by atoms with E-state index in [1.54, 1.807) is 13.1 Å². The van der Waals surface area contributed by atoms with Gasteiger partial charge >= 0.3 is 6.18 Å². The fourth-order valence-corrected chi connectivity index (χ4v) is 3.44. The number of hydrogen-bond donors (Lipinski definition) is 2. The molecular weight excluding hydrogens is 384 g/mol. The normalized spacial score (nSPS) is 12.9. The fourth-order valence-electron chi connectivity index (χ4n) is 2.07. The Balaban J connectivity index is 1.99. The van der Waals surface area contributed by atoms with Crippen molar-refractivity contribution in [3.63, 3.8) is 0 Å². The quantitative estimate of drug-likeness (QED) is 0.791. The molecule has 0 saturated carbocycles. The van der Waals surface area contributed by atoms with Gasteiger partial charge in [0.2, 0.25) is 0 Å². The van der Waals surface area contributed by atoms with Gasteiger partial charge in [-0.2, -0.15) is 13.2 Å². The van der Waals surface area contributed by atoms with E-state index in [2.05, 4.69) is 5.32 Å². The van der Waals surface area contributed by atoms with Crippen molar-refractivity contribution in [3.05, 3.63) is 50.1 Å². The van der Waals surface area contributed by atoms with Crippen LogP contribution < -0.4 is 10.2 Å². The maximum absolute atomic E-state index is 12.7. The summed E-state index contributed by atoms with van der Waals surface area (Å²) in [5.41, 5.74) is -0.917. The van der Waals surface area contributed by atoms with Crippen LogP contribution in [0.5, 0.6) is 0 Å². The molecule has 0 aliphatic heterocycles. The molecule has 0 aliphatic rings. The number of rotatable bonds is 5. The van der Waals surface area contributed by atoms with Crippen LogP contribution in [0.2, 0.25) is 9.36 Å². The number of amides is 1. The van der Waals surface area contributed by atoms with Gasteiger partial charge in [-0.15, -0.1) is 11.3 Å². The molecule has 130 valence electrons. The summed E-state index contributed by atoms with van der Waals surface area (Å²) in [6.45, 7) is 0.670. The summed E-state index contributed by atoms with van der Waals surface area (Å²) >= 11 is 13.1. The number of quaternary nitrogens is 1. The minimum atomic E-state index is -4.50. The molecule has 0 fully saturated rings. The number of benzene rings is 1. The topological polar surface area (TPSA) is 33.5 Å². The predicted molar refractivity (Wildman–Crippen MR) is 89.9 cm³/mol. The number of alkyl halides is 3. The lowest BCUT2D eigenvalue weighted by Crippen LogP contribution is -3.08. The van der Waals surface area contributed by atoms with E-state index < -0.39 is 17.6 Å². The summed E-state index contributed by atoms with van der Waals surface area (Å²) in [7, 11) is 1.81. The highest BCUT2D eigenvalue weighted by atomic mass is 35.5. The number of likely N-dealkylation sites (N-methyl/N-ethyl adjacent to an activating group) is 1. The summed E-state index contributed by atoms with van der Waals surface area (Å²) < 4.78 is 38.8. The molecule has 1 heterocycles. The lowest BCUT2D eigenvalue weighted by Gasteiger charge is -2.14. The van der Waals surface area contributed by atoms with Gasteiger partial charge in [-0.05, 0) is 30.3 Å². The second-order valence-corrected chi connectivity index (χ2v) is 7.46. The summed E-state index contributed by atoms with van der Waals surface area (Å²) in [6, 6.07) is 6.46. The third-order valence-electron chi connectivity index (χ3n) is 3.13. The van der Waals surface area contributed by atoms with Crippen LogP contribution in [0.1, 0.15) is 10.4 Å². The third kappa shape index (κ3) is 5.37. The van der Waals surface area contributed by atoms with Crippen LogP contribution in [0.3, 0.4) is 0 Å². The molecule has 2 N–H and O–H groups in total.